The molecule has 2 aliphatic carbocycles. The summed E-state index contributed by atoms with van der Waals surface area (Å²) in [4.78, 5) is 4.42. The monoisotopic (exact) mass is 303 g/mol. The van der Waals surface area contributed by atoms with Crippen molar-refractivity contribution in [3.63, 3.8) is 0 Å². The minimum atomic E-state index is 0.621. The maximum atomic E-state index is 5.85. The summed E-state index contributed by atoms with van der Waals surface area (Å²) in [5.41, 5.74) is 0. The summed E-state index contributed by atoms with van der Waals surface area (Å²) in [5.74, 6) is 3.42. The Balaban J connectivity index is 1.76. The predicted molar refractivity (Wildman–Crippen MR) is 62.9 cm³/mol. The van der Waals surface area contributed by atoms with Gasteiger partial charge in [0.2, 0.25) is 0 Å². The summed E-state index contributed by atoms with van der Waals surface area (Å²) in [7, 11) is 0. The van der Waals surface area contributed by atoms with Gasteiger partial charge in [-0.3, -0.25) is 0 Å². The predicted octanol–water partition coefficient (Wildman–Crippen LogP) is 3.62. The maximum absolute atomic E-state index is 5.85. The van der Waals surface area contributed by atoms with Crippen molar-refractivity contribution in [2.75, 3.05) is 0 Å². The van der Waals surface area contributed by atoms with Crippen LogP contribution in [-0.2, 0) is 0 Å². The molecular weight excluding hydrogens is 289 g/mol. The van der Waals surface area contributed by atoms with Crippen molar-refractivity contribution >= 4 is 22.6 Å². The van der Waals surface area contributed by atoms with E-state index in [2.05, 4.69) is 27.6 Å². The fraction of sp³-hybridized carbons (Fsp3) is 0.727. The molecule has 0 aromatic carbocycles. The lowest BCUT2D eigenvalue weighted by Gasteiger charge is -2.01. The number of hydrogen-bond acceptors (Lipinski definition) is 2. The van der Waals surface area contributed by atoms with Crippen LogP contribution in [0.15, 0.2) is 10.6 Å². The third-order valence-electron chi connectivity index (χ3n) is 3.32. The number of nitrogens with zero attached hydrogens (tertiary/aromatic N) is 1. The van der Waals surface area contributed by atoms with Crippen LogP contribution in [-0.4, -0.2) is 8.91 Å². The van der Waals surface area contributed by atoms with Gasteiger partial charge in [-0.25, -0.2) is 4.98 Å². The van der Waals surface area contributed by atoms with E-state index in [0.717, 1.165) is 15.6 Å². The van der Waals surface area contributed by atoms with Crippen LogP contribution in [0.25, 0.3) is 0 Å². The molecule has 0 amide bonds. The minimum absolute atomic E-state index is 0.621. The Morgan fingerprint density at radius 2 is 2.07 bits per heavy atom. The van der Waals surface area contributed by atoms with Gasteiger partial charge >= 0.3 is 0 Å². The molecule has 0 aliphatic heterocycles. The lowest BCUT2D eigenvalue weighted by Crippen LogP contribution is -1.90. The zero-order chi connectivity index (χ0) is 9.54. The van der Waals surface area contributed by atoms with Crippen molar-refractivity contribution < 1.29 is 4.42 Å². The molecule has 0 unspecified atom stereocenters. The Kier molecular flexibility index (Phi) is 2.30. The van der Waals surface area contributed by atoms with Crippen LogP contribution in [0.4, 0.5) is 0 Å². The molecule has 1 aromatic heterocycles. The second kappa shape index (κ2) is 3.51. The van der Waals surface area contributed by atoms with E-state index in [1.807, 2.05) is 6.20 Å². The molecule has 3 rings (SSSR count). The molecule has 2 fully saturated rings. The highest BCUT2D eigenvalue weighted by atomic mass is 127. The largest absolute Gasteiger partial charge is 0.445 e. The molecule has 2 nitrogen and oxygen atoms in total. The fourth-order valence-electron chi connectivity index (χ4n) is 2.29. The molecule has 76 valence electrons. The molecule has 1 aromatic rings. The highest BCUT2D eigenvalue weighted by molar-refractivity contribution is 14.1. The highest BCUT2D eigenvalue weighted by Crippen LogP contribution is 2.47. The zero-order valence-corrected chi connectivity index (χ0v) is 10.2. The summed E-state index contributed by atoms with van der Waals surface area (Å²) < 4.78 is 6.63. The number of oxazole rings is 1. The number of rotatable bonds is 2. The Morgan fingerprint density at radius 1 is 1.36 bits per heavy atom. The summed E-state index contributed by atoms with van der Waals surface area (Å²) in [6.45, 7) is 0. The lowest BCUT2D eigenvalue weighted by atomic mass is 10.1. The Morgan fingerprint density at radius 3 is 2.71 bits per heavy atom. The van der Waals surface area contributed by atoms with E-state index >= 15 is 0 Å². The van der Waals surface area contributed by atoms with Gasteiger partial charge in [0.1, 0.15) is 5.76 Å². The normalized spacial score (nSPS) is 32.4. The minimum Gasteiger partial charge on any atom is -0.445 e. The first-order valence-electron chi connectivity index (χ1n) is 5.44. The maximum Gasteiger partial charge on any atom is 0.197 e. The van der Waals surface area contributed by atoms with E-state index in [9.17, 15) is 0 Å². The van der Waals surface area contributed by atoms with Gasteiger partial charge in [0.05, 0.1) is 6.20 Å². The highest BCUT2D eigenvalue weighted by Gasteiger charge is 2.39. The van der Waals surface area contributed by atoms with Gasteiger partial charge in [0.15, 0.2) is 5.89 Å². The average molecular weight is 303 g/mol. The molecule has 2 aliphatic rings. The molecule has 0 bridgehead atoms. The van der Waals surface area contributed by atoms with Crippen LogP contribution in [0.1, 0.15) is 55.6 Å². The number of halogens is 1. The Labute approximate surface area is 97.6 Å². The van der Waals surface area contributed by atoms with Gasteiger partial charge in [-0.05, 0) is 19.3 Å². The van der Waals surface area contributed by atoms with E-state index in [0.29, 0.717) is 11.8 Å². The van der Waals surface area contributed by atoms with Crippen LogP contribution in [0, 0.1) is 0 Å². The van der Waals surface area contributed by atoms with Crippen LogP contribution in [0.5, 0.6) is 0 Å². The molecule has 14 heavy (non-hydrogen) atoms. The SMILES string of the molecule is I[C@@H]1C[C@H]1c1cnc(C2CCCC2)o1. The van der Waals surface area contributed by atoms with E-state index < -0.39 is 0 Å². The van der Waals surface area contributed by atoms with Gasteiger partial charge in [-0.2, -0.15) is 0 Å². The van der Waals surface area contributed by atoms with Gasteiger partial charge in [0.25, 0.3) is 0 Å². The van der Waals surface area contributed by atoms with Gasteiger partial charge in [-0.15, -0.1) is 0 Å². The quantitative estimate of drug-likeness (QED) is 0.616. The fourth-order valence-corrected chi connectivity index (χ4v) is 3.19. The second-order valence-corrected chi connectivity index (χ2v) is 6.04. The summed E-state index contributed by atoms with van der Waals surface area (Å²) >= 11 is 2.49. The molecular formula is C11H14INO. The molecule has 2 saturated carbocycles. The smallest absolute Gasteiger partial charge is 0.197 e. The topological polar surface area (TPSA) is 26.0 Å². The van der Waals surface area contributed by atoms with E-state index in [1.54, 1.807) is 0 Å². The molecule has 1 heterocycles. The van der Waals surface area contributed by atoms with Crippen LogP contribution < -0.4 is 0 Å². The van der Waals surface area contributed by atoms with Crippen molar-refractivity contribution in [3.05, 3.63) is 17.8 Å². The molecule has 0 saturated heterocycles. The number of aromatic nitrogens is 1. The first-order valence-corrected chi connectivity index (χ1v) is 6.69. The van der Waals surface area contributed by atoms with Gasteiger partial charge in [0, 0.05) is 15.8 Å². The van der Waals surface area contributed by atoms with Crippen molar-refractivity contribution in [2.24, 2.45) is 0 Å². The lowest BCUT2D eigenvalue weighted by molar-refractivity contribution is 0.420. The summed E-state index contributed by atoms with van der Waals surface area (Å²) in [5, 5.41) is 0. The first-order chi connectivity index (χ1) is 6.84. The Hall–Kier alpha value is -0.0600. The molecule has 2 atom stereocenters. The third-order valence-corrected chi connectivity index (χ3v) is 4.70. The number of hydrogen-bond donors (Lipinski definition) is 0. The van der Waals surface area contributed by atoms with Crippen molar-refractivity contribution in [3.8, 4) is 0 Å². The molecule has 0 N–H and O–H groups in total. The van der Waals surface area contributed by atoms with Crippen molar-refractivity contribution in [1.82, 2.24) is 4.98 Å². The summed E-state index contributed by atoms with van der Waals surface area (Å²) in [6, 6.07) is 0. The molecule has 0 radical (unpaired) electrons. The molecule has 0 spiro atoms. The summed E-state index contributed by atoms with van der Waals surface area (Å²) in [6.07, 6.45) is 8.48. The van der Waals surface area contributed by atoms with E-state index in [4.69, 9.17) is 4.42 Å². The second-order valence-electron chi connectivity index (χ2n) is 4.44. The van der Waals surface area contributed by atoms with Gasteiger partial charge in [-0.1, -0.05) is 35.4 Å². The van der Waals surface area contributed by atoms with Crippen molar-refractivity contribution in [1.29, 1.82) is 0 Å². The average Bonchev–Trinajstić information content (AvgIpc) is 2.72. The standard InChI is InChI=1S/C11H14INO/c12-9-5-8(9)10-6-13-11(14-10)7-3-1-2-4-7/h6-9H,1-5H2/t8-,9-/m1/s1. The number of alkyl halides is 1. The van der Waals surface area contributed by atoms with Crippen LogP contribution in [0.2, 0.25) is 0 Å². The Bertz CT molecular complexity index is 330. The van der Waals surface area contributed by atoms with Crippen LogP contribution >= 0.6 is 22.6 Å². The first kappa shape index (κ1) is 9.19. The molecule has 3 heteroatoms. The van der Waals surface area contributed by atoms with Gasteiger partial charge < -0.3 is 4.42 Å². The van der Waals surface area contributed by atoms with Crippen molar-refractivity contribution in [2.45, 2.75) is 47.9 Å². The zero-order valence-electron chi connectivity index (χ0n) is 8.08. The van der Waals surface area contributed by atoms with Crippen LogP contribution in [0.3, 0.4) is 0 Å². The van der Waals surface area contributed by atoms with E-state index in [1.165, 1.54) is 32.1 Å². The van der Waals surface area contributed by atoms with E-state index in [-0.39, 0.29) is 0 Å². The third kappa shape index (κ3) is 1.59.